The van der Waals surface area contributed by atoms with Crippen LogP contribution in [0, 0.1) is 0 Å². The summed E-state index contributed by atoms with van der Waals surface area (Å²) in [7, 11) is 0. The second-order valence-electron chi connectivity index (χ2n) is 4.41. The Balaban J connectivity index is 2.03. The topological polar surface area (TPSA) is 90.1 Å². The van der Waals surface area contributed by atoms with Gasteiger partial charge in [0.25, 0.3) is 0 Å². The fraction of sp³-hybridized carbons (Fsp3) is 0.800. The van der Waals surface area contributed by atoms with Gasteiger partial charge in [0.1, 0.15) is 5.60 Å². The third kappa shape index (κ3) is 2.60. The molecule has 0 bridgehead atoms. The summed E-state index contributed by atoms with van der Waals surface area (Å²) >= 11 is 0. The number of nitrogens with zero attached hydrogens (tertiary/aromatic N) is 4. The molecule has 2 rings (SSSR count). The minimum Gasteiger partial charge on any atom is -0.481 e. The number of aliphatic carboxylic acids is 1. The number of tetrazole rings is 1. The summed E-state index contributed by atoms with van der Waals surface area (Å²) in [5, 5.41) is 20.1. The predicted molar refractivity (Wildman–Crippen MR) is 57.2 cm³/mol. The zero-order chi connectivity index (χ0) is 12.3. The Kier molecular flexibility index (Phi) is 3.37. The van der Waals surface area contributed by atoms with Crippen molar-refractivity contribution < 1.29 is 14.6 Å². The molecule has 1 saturated heterocycles. The molecule has 0 aliphatic carbocycles. The molecular weight excluding hydrogens is 224 g/mol. The normalized spacial score (nSPS) is 24.1. The van der Waals surface area contributed by atoms with Gasteiger partial charge in [-0.1, -0.05) is 0 Å². The fourth-order valence-electron chi connectivity index (χ4n) is 2.07. The van der Waals surface area contributed by atoms with E-state index < -0.39 is 11.6 Å². The third-order valence-electron chi connectivity index (χ3n) is 2.98. The van der Waals surface area contributed by atoms with Crippen molar-refractivity contribution in [3.8, 4) is 0 Å². The van der Waals surface area contributed by atoms with Crippen LogP contribution in [0.15, 0.2) is 0 Å². The Morgan fingerprint density at radius 2 is 2.47 bits per heavy atom. The number of carboxylic acids is 1. The summed E-state index contributed by atoms with van der Waals surface area (Å²) in [5.41, 5.74) is -0.424. The van der Waals surface area contributed by atoms with E-state index in [0.717, 1.165) is 19.4 Å². The molecule has 94 valence electrons. The number of carboxylic acid groups (broad SMARTS) is 1. The monoisotopic (exact) mass is 240 g/mol. The Morgan fingerprint density at radius 3 is 3.12 bits per heavy atom. The van der Waals surface area contributed by atoms with Crippen LogP contribution in [0.2, 0.25) is 0 Å². The Hall–Kier alpha value is -1.50. The average molecular weight is 240 g/mol. The van der Waals surface area contributed by atoms with E-state index in [2.05, 4.69) is 15.5 Å². The van der Waals surface area contributed by atoms with Gasteiger partial charge in [-0.15, -0.1) is 5.10 Å². The predicted octanol–water partition coefficient (Wildman–Crippen LogP) is 0.563. The van der Waals surface area contributed by atoms with Crippen molar-refractivity contribution in [3.05, 3.63) is 5.82 Å². The van der Waals surface area contributed by atoms with E-state index in [1.54, 1.807) is 4.68 Å². The molecule has 0 aromatic carbocycles. The third-order valence-corrected chi connectivity index (χ3v) is 2.98. The highest BCUT2D eigenvalue weighted by Crippen LogP contribution is 2.33. The van der Waals surface area contributed by atoms with Gasteiger partial charge in [0.15, 0.2) is 5.82 Å². The number of aryl methyl sites for hydroxylation is 1. The van der Waals surface area contributed by atoms with Crippen molar-refractivity contribution in [1.29, 1.82) is 0 Å². The van der Waals surface area contributed by atoms with Crippen LogP contribution >= 0.6 is 0 Å². The van der Waals surface area contributed by atoms with Gasteiger partial charge >= 0.3 is 5.97 Å². The molecule has 17 heavy (non-hydrogen) atoms. The molecule has 0 radical (unpaired) electrons. The van der Waals surface area contributed by atoms with Crippen molar-refractivity contribution in [2.24, 2.45) is 0 Å². The molecule has 0 amide bonds. The number of rotatable bonds is 5. The number of carbonyl (C=O) groups is 1. The molecule has 0 spiro atoms. The molecule has 0 saturated carbocycles. The van der Waals surface area contributed by atoms with Gasteiger partial charge in [-0.05, 0) is 36.6 Å². The Labute approximate surface area is 98.8 Å². The summed E-state index contributed by atoms with van der Waals surface area (Å²) in [6, 6.07) is 0. The van der Waals surface area contributed by atoms with Crippen LogP contribution in [0.1, 0.15) is 38.4 Å². The highest BCUT2D eigenvalue weighted by Gasteiger charge is 2.37. The van der Waals surface area contributed by atoms with Crippen molar-refractivity contribution >= 4 is 5.97 Å². The molecule has 2 heterocycles. The minimum atomic E-state index is -0.803. The number of hydrogen-bond donors (Lipinski definition) is 1. The second kappa shape index (κ2) is 4.79. The molecule has 1 N–H and O–H groups in total. The van der Waals surface area contributed by atoms with Crippen LogP contribution in [0.25, 0.3) is 0 Å². The van der Waals surface area contributed by atoms with Crippen molar-refractivity contribution in [3.63, 3.8) is 0 Å². The maximum Gasteiger partial charge on any atom is 0.303 e. The average Bonchev–Trinajstić information content (AvgIpc) is 2.87. The molecule has 7 heteroatoms. The summed E-state index contributed by atoms with van der Waals surface area (Å²) in [5.74, 6) is -0.108. The smallest absolute Gasteiger partial charge is 0.303 e. The van der Waals surface area contributed by atoms with Crippen LogP contribution in [0.4, 0.5) is 0 Å². The lowest BCUT2D eigenvalue weighted by atomic mass is 10.0. The zero-order valence-electron chi connectivity index (χ0n) is 9.80. The first-order valence-electron chi connectivity index (χ1n) is 5.74. The largest absolute Gasteiger partial charge is 0.481 e. The van der Waals surface area contributed by atoms with Crippen LogP contribution in [-0.4, -0.2) is 37.9 Å². The SMILES string of the molecule is CC1(c2nnnn2CCCC(=O)O)CCCO1. The minimum absolute atomic E-state index is 0.122. The molecule has 1 aromatic rings. The highest BCUT2D eigenvalue weighted by atomic mass is 16.5. The van der Waals surface area contributed by atoms with Crippen LogP contribution in [0.3, 0.4) is 0 Å². The van der Waals surface area contributed by atoms with Crippen molar-refractivity contribution in [2.45, 2.75) is 44.8 Å². The number of aromatic nitrogens is 4. The van der Waals surface area contributed by atoms with Crippen LogP contribution in [-0.2, 0) is 21.7 Å². The van der Waals surface area contributed by atoms with Gasteiger partial charge < -0.3 is 9.84 Å². The summed E-state index contributed by atoms with van der Waals surface area (Å²) in [6.07, 6.45) is 2.53. The lowest BCUT2D eigenvalue weighted by molar-refractivity contribution is -0.137. The Morgan fingerprint density at radius 1 is 1.65 bits per heavy atom. The van der Waals surface area contributed by atoms with Gasteiger partial charge in [0.05, 0.1) is 0 Å². The molecule has 1 unspecified atom stereocenters. The zero-order valence-corrected chi connectivity index (χ0v) is 9.80. The standard InChI is InChI=1S/C10H16N4O3/c1-10(5-3-7-17-10)9-11-12-13-14(9)6-2-4-8(15)16/h2-7H2,1H3,(H,15,16). The van der Waals surface area contributed by atoms with E-state index in [1.165, 1.54) is 0 Å². The number of ether oxygens (including phenoxy) is 1. The molecule has 7 nitrogen and oxygen atoms in total. The first kappa shape index (κ1) is 12.0. The molecule has 1 aliphatic rings. The summed E-state index contributed by atoms with van der Waals surface area (Å²) < 4.78 is 7.32. The van der Waals surface area contributed by atoms with E-state index in [-0.39, 0.29) is 6.42 Å². The Bertz CT molecular complexity index is 398. The first-order valence-corrected chi connectivity index (χ1v) is 5.74. The van der Waals surface area contributed by atoms with Crippen LogP contribution < -0.4 is 0 Å². The van der Waals surface area contributed by atoms with Crippen LogP contribution in [0.5, 0.6) is 0 Å². The number of hydrogen-bond acceptors (Lipinski definition) is 5. The van der Waals surface area contributed by atoms with E-state index in [0.29, 0.717) is 18.8 Å². The molecular formula is C10H16N4O3. The lowest BCUT2D eigenvalue weighted by Gasteiger charge is -2.21. The summed E-state index contributed by atoms with van der Waals surface area (Å²) in [6.45, 7) is 3.20. The van der Waals surface area contributed by atoms with Gasteiger partial charge in [0, 0.05) is 19.6 Å². The van der Waals surface area contributed by atoms with Gasteiger partial charge in [0.2, 0.25) is 0 Å². The van der Waals surface area contributed by atoms with E-state index >= 15 is 0 Å². The lowest BCUT2D eigenvalue weighted by Crippen LogP contribution is -2.26. The molecule has 1 aromatic heterocycles. The van der Waals surface area contributed by atoms with E-state index in [9.17, 15) is 4.79 Å². The highest BCUT2D eigenvalue weighted by molar-refractivity contribution is 5.66. The summed E-state index contributed by atoms with van der Waals surface area (Å²) in [4.78, 5) is 10.4. The quantitative estimate of drug-likeness (QED) is 0.808. The maximum absolute atomic E-state index is 10.4. The van der Waals surface area contributed by atoms with E-state index in [1.807, 2.05) is 6.92 Å². The van der Waals surface area contributed by atoms with Gasteiger partial charge in [-0.25, -0.2) is 4.68 Å². The van der Waals surface area contributed by atoms with Crippen molar-refractivity contribution in [1.82, 2.24) is 20.2 Å². The molecule has 1 atom stereocenters. The molecule has 1 fully saturated rings. The van der Waals surface area contributed by atoms with Gasteiger partial charge in [-0.3, -0.25) is 4.79 Å². The maximum atomic E-state index is 10.4. The fourth-order valence-corrected chi connectivity index (χ4v) is 2.07. The van der Waals surface area contributed by atoms with Crippen molar-refractivity contribution in [2.75, 3.05) is 6.61 Å². The second-order valence-corrected chi connectivity index (χ2v) is 4.41. The first-order chi connectivity index (χ1) is 8.12. The molecule has 1 aliphatic heterocycles. The van der Waals surface area contributed by atoms with E-state index in [4.69, 9.17) is 9.84 Å². The van der Waals surface area contributed by atoms with Gasteiger partial charge in [-0.2, -0.15) is 0 Å².